The zero-order chi connectivity index (χ0) is 32.1. The number of nitrogens with one attached hydrogen (secondary N) is 4. The number of carbonyl (C=O) groups excluding carboxylic acids is 3. The van der Waals surface area contributed by atoms with Crippen LogP contribution in [0.2, 0.25) is 0 Å². The summed E-state index contributed by atoms with van der Waals surface area (Å²) >= 11 is 0. The van der Waals surface area contributed by atoms with Gasteiger partial charge in [-0.2, -0.15) is 0 Å². The molecule has 13 heteroatoms. The van der Waals surface area contributed by atoms with Crippen molar-refractivity contribution in [1.82, 2.24) is 20.9 Å². The van der Waals surface area contributed by atoms with Gasteiger partial charge in [0.2, 0.25) is 17.7 Å². The Bertz CT molecular complexity index is 1430. The third-order valence-corrected chi connectivity index (χ3v) is 7.22. The highest BCUT2D eigenvalue weighted by molar-refractivity contribution is 5.95. The largest absolute Gasteiger partial charge is 0.481 e. The van der Waals surface area contributed by atoms with E-state index in [1.807, 2.05) is 24.3 Å². The molecule has 0 saturated carbocycles. The Morgan fingerprint density at radius 3 is 2.02 bits per heavy atom. The molecule has 1 heterocycles. The summed E-state index contributed by atoms with van der Waals surface area (Å²) in [6.07, 6.45) is 2.71. The number of nitrogens with two attached hydrogens (primary N) is 2. The number of unbranched alkanes of at least 4 members (excludes halogenated alkanes) is 1. The van der Waals surface area contributed by atoms with Crippen molar-refractivity contribution in [3.8, 4) is 0 Å². The third kappa shape index (κ3) is 10.2. The monoisotopic (exact) mass is 608 g/mol. The summed E-state index contributed by atoms with van der Waals surface area (Å²) < 4.78 is 0. The number of carboxylic acid groups (broad SMARTS) is 2. The van der Waals surface area contributed by atoms with Crippen LogP contribution in [0.1, 0.15) is 43.2 Å². The minimum absolute atomic E-state index is 0.00996. The van der Waals surface area contributed by atoms with E-state index in [1.54, 1.807) is 36.5 Å². The Balaban J connectivity index is 1.86. The van der Waals surface area contributed by atoms with Crippen LogP contribution >= 0.6 is 0 Å². The minimum atomic E-state index is -1.48. The number of carbonyl (C=O) groups is 5. The van der Waals surface area contributed by atoms with Crippen molar-refractivity contribution in [1.29, 1.82) is 0 Å². The maximum Gasteiger partial charge on any atom is 0.326 e. The van der Waals surface area contributed by atoms with Crippen LogP contribution in [0.5, 0.6) is 0 Å². The first kappa shape index (κ1) is 33.7. The summed E-state index contributed by atoms with van der Waals surface area (Å²) in [4.78, 5) is 66.1. The molecule has 0 aliphatic rings. The number of benzene rings is 2. The van der Waals surface area contributed by atoms with Gasteiger partial charge in [-0.25, -0.2) is 4.79 Å². The first-order chi connectivity index (χ1) is 21.1. The molecule has 2 aromatic carbocycles. The highest BCUT2D eigenvalue weighted by Crippen LogP contribution is 2.19. The normalized spacial score (nSPS) is 13.8. The Hall–Kier alpha value is -4.75. The number of para-hydroxylation sites is 1. The predicted molar refractivity (Wildman–Crippen MR) is 163 cm³/mol. The third-order valence-electron chi connectivity index (χ3n) is 7.22. The quantitative estimate of drug-likeness (QED) is 0.0954. The molecular weight excluding hydrogens is 568 g/mol. The zero-order valence-corrected chi connectivity index (χ0v) is 24.3. The van der Waals surface area contributed by atoms with Gasteiger partial charge in [0.05, 0.1) is 6.04 Å². The van der Waals surface area contributed by atoms with E-state index in [0.717, 1.165) is 16.5 Å². The Kier molecular flexibility index (Phi) is 12.9. The minimum Gasteiger partial charge on any atom is -0.481 e. The summed E-state index contributed by atoms with van der Waals surface area (Å²) in [5.74, 6) is -4.64. The van der Waals surface area contributed by atoms with Crippen molar-refractivity contribution in [2.24, 2.45) is 11.5 Å². The van der Waals surface area contributed by atoms with Crippen LogP contribution in [0.15, 0.2) is 60.8 Å². The van der Waals surface area contributed by atoms with Gasteiger partial charge >= 0.3 is 11.9 Å². The van der Waals surface area contributed by atoms with Gasteiger partial charge in [-0.1, -0.05) is 55.0 Å². The molecule has 4 atom stereocenters. The Morgan fingerprint density at radius 2 is 1.36 bits per heavy atom. The summed E-state index contributed by atoms with van der Waals surface area (Å²) in [7, 11) is 0. The fraction of sp³-hybridized carbons (Fsp3) is 0.387. The van der Waals surface area contributed by atoms with Crippen LogP contribution in [0.25, 0.3) is 10.9 Å². The molecule has 0 bridgehead atoms. The molecule has 3 amide bonds. The van der Waals surface area contributed by atoms with Crippen molar-refractivity contribution >= 4 is 40.6 Å². The first-order valence-corrected chi connectivity index (χ1v) is 14.5. The first-order valence-electron chi connectivity index (χ1n) is 14.5. The zero-order valence-electron chi connectivity index (χ0n) is 24.3. The van der Waals surface area contributed by atoms with Gasteiger partial charge in [0.1, 0.15) is 18.1 Å². The van der Waals surface area contributed by atoms with E-state index >= 15 is 0 Å². The van der Waals surface area contributed by atoms with Crippen LogP contribution in [0.4, 0.5) is 0 Å². The van der Waals surface area contributed by atoms with Crippen molar-refractivity contribution in [3.05, 3.63) is 71.9 Å². The van der Waals surface area contributed by atoms with Crippen LogP contribution < -0.4 is 27.4 Å². The fourth-order valence-corrected chi connectivity index (χ4v) is 4.78. The number of amides is 3. The second-order valence-corrected chi connectivity index (χ2v) is 10.6. The molecule has 0 fully saturated rings. The molecule has 13 nitrogen and oxygen atoms in total. The van der Waals surface area contributed by atoms with Gasteiger partial charge in [0.15, 0.2) is 0 Å². The molecule has 0 radical (unpaired) electrons. The number of carboxylic acids is 2. The Labute approximate surface area is 254 Å². The predicted octanol–water partition coefficient (Wildman–Crippen LogP) is 0.813. The van der Waals surface area contributed by atoms with Crippen molar-refractivity contribution in [2.75, 3.05) is 6.54 Å². The van der Waals surface area contributed by atoms with Crippen LogP contribution in [-0.4, -0.2) is 75.6 Å². The topological polar surface area (TPSA) is 230 Å². The van der Waals surface area contributed by atoms with E-state index in [4.69, 9.17) is 16.6 Å². The molecular formula is C31H40N6O7. The van der Waals surface area contributed by atoms with Crippen LogP contribution in [-0.2, 0) is 36.8 Å². The smallest absolute Gasteiger partial charge is 0.326 e. The molecule has 0 aliphatic carbocycles. The van der Waals surface area contributed by atoms with E-state index in [2.05, 4.69) is 20.9 Å². The molecule has 0 saturated heterocycles. The molecule has 1 aromatic heterocycles. The number of hydrogen-bond donors (Lipinski definition) is 8. The standard InChI is InChI=1S/C31H40N6O7/c32-15-7-6-11-22(33)28(40)36-26(17-20-18-34-23-12-5-4-10-21(20)23)30(42)37-25(16-19-8-2-1-3-9-19)29(41)35-24(31(43)44)13-14-27(38)39/h1-5,8-10,12,18,22,24-26,34H,6-7,11,13-17,32-33H2,(H,35,41)(H,36,40)(H,37,42)(H,38,39)(H,43,44). The number of aromatic amines is 1. The Morgan fingerprint density at radius 1 is 0.750 bits per heavy atom. The average Bonchev–Trinajstić information content (AvgIpc) is 3.41. The van der Waals surface area contributed by atoms with Gasteiger partial charge < -0.3 is 42.6 Å². The number of aromatic nitrogens is 1. The molecule has 4 unspecified atom stereocenters. The van der Waals surface area contributed by atoms with Gasteiger partial charge in [0, 0.05) is 36.4 Å². The van der Waals surface area contributed by atoms with E-state index < -0.39 is 60.2 Å². The SMILES string of the molecule is NCCCCC(N)C(=O)NC(Cc1c[nH]c2ccccc12)C(=O)NC(Cc1ccccc1)C(=O)NC(CCC(=O)O)C(=O)O. The summed E-state index contributed by atoms with van der Waals surface area (Å²) in [5.41, 5.74) is 13.9. The van der Waals surface area contributed by atoms with Crippen LogP contribution in [0.3, 0.4) is 0 Å². The van der Waals surface area contributed by atoms with Crippen molar-refractivity contribution in [2.45, 2.75) is 69.1 Å². The molecule has 0 aliphatic heterocycles. The average molecular weight is 609 g/mol. The number of rotatable bonds is 18. The van der Waals surface area contributed by atoms with E-state index in [1.165, 1.54) is 0 Å². The highest BCUT2D eigenvalue weighted by Gasteiger charge is 2.31. The number of fused-ring (bicyclic) bond motifs is 1. The van der Waals surface area contributed by atoms with Gasteiger partial charge in [-0.15, -0.1) is 0 Å². The van der Waals surface area contributed by atoms with Crippen molar-refractivity contribution in [3.63, 3.8) is 0 Å². The van der Waals surface area contributed by atoms with Crippen LogP contribution in [0, 0.1) is 0 Å². The second-order valence-electron chi connectivity index (χ2n) is 10.6. The number of hydrogen-bond acceptors (Lipinski definition) is 7. The summed E-state index contributed by atoms with van der Waals surface area (Å²) in [6.45, 7) is 0.462. The van der Waals surface area contributed by atoms with Gasteiger partial charge in [0.25, 0.3) is 0 Å². The van der Waals surface area contributed by atoms with E-state index in [0.29, 0.717) is 31.4 Å². The van der Waals surface area contributed by atoms with E-state index in [9.17, 15) is 29.1 Å². The lowest BCUT2D eigenvalue weighted by atomic mass is 10.0. The maximum absolute atomic E-state index is 13.8. The molecule has 44 heavy (non-hydrogen) atoms. The fourth-order valence-electron chi connectivity index (χ4n) is 4.78. The highest BCUT2D eigenvalue weighted by atomic mass is 16.4. The lowest BCUT2D eigenvalue weighted by Gasteiger charge is -2.25. The summed E-state index contributed by atoms with van der Waals surface area (Å²) in [5, 5.41) is 27.2. The van der Waals surface area contributed by atoms with Gasteiger partial charge in [-0.05, 0) is 43.0 Å². The van der Waals surface area contributed by atoms with E-state index in [-0.39, 0.29) is 19.3 Å². The second kappa shape index (κ2) is 16.8. The molecule has 0 spiro atoms. The maximum atomic E-state index is 13.8. The number of H-pyrrole nitrogens is 1. The molecule has 3 aromatic rings. The number of aliphatic carboxylic acids is 2. The van der Waals surface area contributed by atoms with Crippen molar-refractivity contribution < 1.29 is 34.2 Å². The lowest BCUT2D eigenvalue weighted by molar-refractivity contribution is -0.143. The molecule has 236 valence electrons. The molecule has 10 N–H and O–H groups in total. The summed E-state index contributed by atoms with van der Waals surface area (Å²) in [6, 6.07) is 11.5. The lowest BCUT2D eigenvalue weighted by Crippen LogP contribution is -2.58. The molecule has 3 rings (SSSR count). The van der Waals surface area contributed by atoms with Gasteiger partial charge in [-0.3, -0.25) is 19.2 Å².